The topological polar surface area (TPSA) is 127 Å². The number of carbonyl (C=O) groups is 4. The first kappa shape index (κ1) is 23.9. The van der Waals surface area contributed by atoms with Crippen LogP contribution in [0.15, 0.2) is 12.1 Å². The van der Waals surface area contributed by atoms with E-state index in [1.165, 1.54) is 13.8 Å². The summed E-state index contributed by atoms with van der Waals surface area (Å²) >= 11 is 0. The van der Waals surface area contributed by atoms with Crippen molar-refractivity contribution >= 4 is 48.7 Å². The summed E-state index contributed by atoms with van der Waals surface area (Å²) in [4.78, 5) is 46.0. The van der Waals surface area contributed by atoms with E-state index in [0.29, 0.717) is 0 Å². The predicted octanol–water partition coefficient (Wildman–Crippen LogP) is 2.28. The van der Waals surface area contributed by atoms with Gasteiger partial charge in [-0.15, -0.1) is 24.8 Å². The first-order valence-corrected chi connectivity index (χ1v) is 6.32. The second-order valence-corrected chi connectivity index (χ2v) is 3.99. The monoisotopic (exact) mass is 382 g/mol. The van der Waals surface area contributed by atoms with Gasteiger partial charge < -0.3 is 19.7 Å². The average Bonchev–Trinajstić information content (AvgIpc) is 2.46. The van der Waals surface area contributed by atoms with Gasteiger partial charge >= 0.3 is 23.9 Å². The van der Waals surface area contributed by atoms with Crippen LogP contribution in [0, 0.1) is 0 Å². The minimum absolute atomic E-state index is 0. The zero-order valence-electron chi connectivity index (χ0n) is 12.7. The molecule has 0 bridgehead atoms. The Kier molecular flexibility index (Phi) is 10.4. The first-order chi connectivity index (χ1) is 10.3. The molecule has 0 aliphatic carbocycles. The highest BCUT2D eigenvalue weighted by atomic mass is 35.5. The SMILES string of the molecule is CCOC(=O)c1cc(C(=O)O)c(C(=O)O)cc1C(=O)OCC.Cl.Cl. The third-order valence-corrected chi connectivity index (χ3v) is 2.61. The van der Waals surface area contributed by atoms with Crippen molar-refractivity contribution in [3.05, 3.63) is 34.4 Å². The highest BCUT2D eigenvalue weighted by molar-refractivity contribution is 6.09. The molecule has 2 N–H and O–H groups in total. The highest BCUT2D eigenvalue weighted by Gasteiger charge is 2.26. The molecule has 0 aromatic heterocycles. The van der Waals surface area contributed by atoms with Crippen molar-refractivity contribution in [3.63, 3.8) is 0 Å². The number of carbonyl (C=O) groups excluding carboxylic acids is 2. The van der Waals surface area contributed by atoms with E-state index in [-0.39, 0.29) is 49.2 Å². The predicted molar refractivity (Wildman–Crippen MR) is 86.8 cm³/mol. The molecule has 134 valence electrons. The Bertz CT molecular complexity index is 587. The van der Waals surface area contributed by atoms with Crippen LogP contribution in [0.3, 0.4) is 0 Å². The zero-order valence-corrected chi connectivity index (χ0v) is 14.4. The third-order valence-electron chi connectivity index (χ3n) is 2.61. The molecule has 0 saturated heterocycles. The second kappa shape index (κ2) is 10.5. The summed E-state index contributed by atoms with van der Waals surface area (Å²) < 4.78 is 9.49. The number of ether oxygens (including phenoxy) is 2. The van der Waals surface area contributed by atoms with Crippen LogP contribution in [-0.4, -0.2) is 47.3 Å². The summed E-state index contributed by atoms with van der Waals surface area (Å²) in [6, 6.07) is 1.60. The fraction of sp³-hybridized carbons (Fsp3) is 0.286. The summed E-state index contributed by atoms with van der Waals surface area (Å²) in [6.45, 7) is 3.08. The molecule has 0 fully saturated rings. The van der Waals surface area contributed by atoms with Gasteiger partial charge in [-0.25, -0.2) is 19.2 Å². The maximum atomic E-state index is 11.9. The van der Waals surface area contributed by atoms with E-state index in [9.17, 15) is 19.2 Å². The van der Waals surface area contributed by atoms with Gasteiger partial charge in [0.25, 0.3) is 0 Å². The van der Waals surface area contributed by atoms with E-state index in [2.05, 4.69) is 0 Å². The van der Waals surface area contributed by atoms with Gasteiger partial charge in [-0.1, -0.05) is 0 Å². The van der Waals surface area contributed by atoms with E-state index < -0.39 is 35.0 Å². The van der Waals surface area contributed by atoms with Crippen molar-refractivity contribution in [3.8, 4) is 0 Å². The van der Waals surface area contributed by atoms with Crippen LogP contribution in [0.25, 0.3) is 0 Å². The number of rotatable bonds is 6. The second-order valence-electron chi connectivity index (χ2n) is 3.99. The number of hydrogen-bond acceptors (Lipinski definition) is 6. The minimum Gasteiger partial charge on any atom is -0.478 e. The molecule has 0 amide bonds. The summed E-state index contributed by atoms with van der Waals surface area (Å²) in [7, 11) is 0. The minimum atomic E-state index is -1.54. The lowest BCUT2D eigenvalue weighted by molar-refractivity contribution is 0.0477. The van der Waals surface area contributed by atoms with Crippen LogP contribution < -0.4 is 0 Å². The van der Waals surface area contributed by atoms with Crippen LogP contribution in [-0.2, 0) is 9.47 Å². The van der Waals surface area contributed by atoms with Gasteiger partial charge in [0.2, 0.25) is 0 Å². The van der Waals surface area contributed by atoms with Crippen molar-refractivity contribution in [2.24, 2.45) is 0 Å². The molecule has 10 heteroatoms. The lowest BCUT2D eigenvalue weighted by atomic mass is 9.98. The molecule has 0 radical (unpaired) electrons. The van der Waals surface area contributed by atoms with E-state index in [4.69, 9.17) is 19.7 Å². The normalized spacial score (nSPS) is 9.08. The van der Waals surface area contributed by atoms with Gasteiger partial charge in [0.05, 0.1) is 35.5 Å². The van der Waals surface area contributed by atoms with Crippen LogP contribution in [0.5, 0.6) is 0 Å². The van der Waals surface area contributed by atoms with Gasteiger partial charge in [-0.3, -0.25) is 0 Å². The number of carboxylic acid groups (broad SMARTS) is 2. The third kappa shape index (κ3) is 5.39. The van der Waals surface area contributed by atoms with E-state index in [1.54, 1.807) is 0 Å². The average molecular weight is 383 g/mol. The number of carboxylic acids is 2. The highest BCUT2D eigenvalue weighted by Crippen LogP contribution is 2.20. The fourth-order valence-electron chi connectivity index (χ4n) is 1.71. The van der Waals surface area contributed by atoms with Crippen LogP contribution in [0.2, 0.25) is 0 Å². The Labute approximate surface area is 149 Å². The molecule has 0 aliphatic rings. The molecule has 0 unspecified atom stereocenters. The Morgan fingerprint density at radius 3 is 1.25 bits per heavy atom. The summed E-state index contributed by atoms with van der Waals surface area (Å²) in [5.74, 6) is -4.97. The molecule has 1 aromatic rings. The number of benzene rings is 1. The number of hydrogen-bond donors (Lipinski definition) is 2. The maximum absolute atomic E-state index is 11.9. The molecule has 0 saturated carbocycles. The molecule has 8 nitrogen and oxygen atoms in total. The summed E-state index contributed by atoms with van der Waals surface area (Å²) in [6.07, 6.45) is 0. The molecule has 0 heterocycles. The molecule has 0 aliphatic heterocycles. The van der Waals surface area contributed by atoms with E-state index >= 15 is 0 Å². The Morgan fingerprint density at radius 2 is 1.04 bits per heavy atom. The van der Waals surface area contributed by atoms with Crippen LogP contribution in [0.1, 0.15) is 55.3 Å². The molecule has 24 heavy (non-hydrogen) atoms. The standard InChI is InChI=1S/C14H14O8.2ClH/c1-3-21-13(19)9-5-7(11(15)16)8(12(17)18)6-10(9)14(20)22-4-2;;/h5-6H,3-4H2,1-2H3,(H,15,16)(H,17,18);2*1H. The molecular weight excluding hydrogens is 367 g/mol. The number of esters is 2. The maximum Gasteiger partial charge on any atom is 0.339 e. The van der Waals surface area contributed by atoms with Gasteiger partial charge in [0, 0.05) is 0 Å². The lowest BCUT2D eigenvalue weighted by Gasteiger charge is -2.11. The Hall–Kier alpha value is -2.32. The van der Waals surface area contributed by atoms with Gasteiger partial charge in [0.1, 0.15) is 0 Å². The van der Waals surface area contributed by atoms with Crippen LogP contribution in [0.4, 0.5) is 0 Å². The molecule has 1 rings (SSSR count). The van der Waals surface area contributed by atoms with Gasteiger partial charge in [-0.2, -0.15) is 0 Å². The summed E-state index contributed by atoms with van der Waals surface area (Å²) in [5.41, 5.74) is -1.96. The molecule has 1 aromatic carbocycles. The zero-order chi connectivity index (χ0) is 16.9. The van der Waals surface area contributed by atoms with Crippen molar-refractivity contribution in [1.82, 2.24) is 0 Å². The smallest absolute Gasteiger partial charge is 0.339 e. The van der Waals surface area contributed by atoms with Crippen molar-refractivity contribution in [2.45, 2.75) is 13.8 Å². The van der Waals surface area contributed by atoms with Crippen molar-refractivity contribution in [2.75, 3.05) is 13.2 Å². The van der Waals surface area contributed by atoms with Crippen LogP contribution >= 0.6 is 24.8 Å². The van der Waals surface area contributed by atoms with Gasteiger partial charge in [-0.05, 0) is 26.0 Å². The first-order valence-electron chi connectivity index (χ1n) is 6.32. The number of halogens is 2. The Morgan fingerprint density at radius 1 is 0.750 bits per heavy atom. The van der Waals surface area contributed by atoms with E-state index in [0.717, 1.165) is 12.1 Å². The van der Waals surface area contributed by atoms with Crippen molar-refractivity contribution < 1.29 is 38.9 Å². The van der Waals surface area contributed by atoms with Gasteiger partial charge in [0.15, 0.2) is 0 Å². The lowest BCUT2D eigenvalue weighted by Crippen LogP contribution is -2.18. The molecule has 0 atom stereocenters. The fourth-order valence-corrected chi connectivity index (χ4v) is 1.71. The molecule has 0 spiro atoms. The van der Waals surface area contributed by atoms with Crippen molar-refractivity contribution in [1.29, 1.82) is 0 Å². The summed E-state index contributed by atoms with van der Waals surface area (Å²) in [5, 5.41) is 18.1. The molecular formula is C14H16Cl2O8. The largest absolute Gasteiger partial charge is 0.478 e. The number of aromatic carboxylic acids is 2. The Balaban J connectivity index is 0. The quantitative estimate of drug-likeness (QED) is 0.717. The van der Waals surface area contributed by atoms with E-state index in [1.807, 2.05) is 0 Å².